The Hall–Kier alpha value is -1.59. The topological polar surface area (TPSA) is 35.8 Å². The van der Waals surface area contributed by atoms with E-state index < -0.39 is 0 Å². The first-order valence-electron chi connectivity index (χ1n) is 5.12. The van der Waals surface area contributed by atoms with Crippen LogP contribution in [0.25, 0.3) is 0 Å². The zero-order chi connectivity index (χ0) is 11.1. The summed E-state index contributed by atoms with van der Waals surface area (Å²) in [7, 11) is 0. The standard InChI is InChI=1S/C13H16N2/c1-3-11(2)9-15-10-13-6-4-5-12(7-13)8-14/h4-7,15H,2-3,9-10H2,1H3. The largest absolute Gasteiger partial charge is 0.309 e. The number of nitrogens with one attached hydrogen (secondary N) is 1. The maximum absolute atomic E-state index is 8.73. The fraction of sp³-hybridized carbons (Fsp3) is 0.308. The van der Waals surface area contributed by atoms with Crippen LogP contribution in [0.2, 0.25) is 0 Å². The summed E-state index contributed by atoms with van der Waals surface area (Å²) in [4.78, 5) is 0. The van der Waals surface area contributed by atoms with E-state index in [0.29, 0.717) is 5.56 Å². The van der Waals surface area contributed by atoms with Crippen LogP contribution in [0, 0.1) is 11.3 Å². The van der Waals surface area contributed by atoms with Crippen molar-refractivity contribution in [2.75, 3.05) is 6.54 Å². The molecular weight excluding hydrogens is 184 g/mol. The summed E-state index contributed by atoms with van der Waals surface area (Å²) in [6.45, 7) is 7.65. The lowest BCUT2D eigenvalue weighted by atomic mass is 10.1. The second-order valence-electron chi connectivity index (χ2n) is 3.52. The van der Waals surface area contributed by atoms with Crippen molar-refractivity contribution in [2.24, 2.45) is 0 Å². The molecule has 0 aliphatic heterocycles. The minimum Gasteiger partial charge on any atom is -0.309 e. The predicted octanol–water partition coefficient (Wildman–Crippen LogP) is 2.61. The monoisotopic (exact) mass is 200 g/mol. The molecule has 0 amide bonds. The lowest BCUT2D eigenvalue weighted by molar-refractivity contribution is 0.727. The van der Waals surface area contributed by atoms with Crippen LogP contribution < -0.4 is 5.32 Å². The molecule has 1 rings (SSSR count). The SMILES string of the molecule is C=C(CC)CNCc1cccc(C#N)c1. The van der Waals surface area contributed by atoms with E-state index in [9.17, 15) is 0 Å². The first-order valence-corrected chi connectivity index (χ1v) is 5.12. The van der Waals surface area contributed by atoms with Gasteiger partial charge in [-0.15, -0.1) is 0 Å². The number of benzene rings is 1. The second-order valence-corrected chi connectivity index (χ2v) is 3.52. The van der Waals surface area contributed by atoms with Gasteiger partial charge in [-0.3, -0.25) is 0 Å². The summed E-state index contributed by atoms with van der Waals surface area (Å²) in [5.41, 5.74) is 3.05. The fourth-order valence-corrected chi connectivity index (χ4v) is 1.26. The summed E-state index contributed by atoms with van der Waals surface area (Å²) in [6.07, 6.45) is 1.01. The average molecular weight is 200 g/mol. The maximum Gasteiger partial charge on any atom is 0.0991 e. The molecule has 0 saturated carbocycles. The summed E-state index contributed by atoms with van der Waals surface area (Å²) in [5, 5.41) is 12.0. The van der Waals surface area contributed by atoms with Crippen molar-refractivity contribution in [1.29, 1.82) is 5.26 Å². The van der Waals surface area contributed by atoms with E-state index in [1.54, 1.807) is 0 Å². The molecule has 1 aromatic carbocycles. The molecule has 0 atom stereocenters. The molecule has 0 spiro atoms. The molecule has 78 valence electrons. The van der Waals surface area contributed by atoms with Gasteiger partial charge in [0.15, 0.2) is 0 Å². The highest BCUT2D eigenvalue weighted by Gasteiger charge is 1.95. The van der Waals surface area contributed by atoms with E-state index in [1.807, 2.05) is 24.3 Å². The molecule has 15 heavy (non-hydrogen) atoms. The molecule has 0 aromatic heterocycles. The smallest absolute Gasteiger partial charge is 0.0991 e. The van der Waals surface area contributed by atoms with Crippen molar-refractivity contribution in [1.82, 2.24) is 5.32 Å². The average Bonchev–Trinajstić information content (AvgIpc) is 2.29. The zero-order valence-electron chi connectivity index (χ0n) is 9.09. The van der Waals surface area contributed by atoms with Crippen LogP contribution in [0.4, 0.5) is 0 Å². The molecule has 1 N–H and O–H groups in total. The van der Waals surface area contributed by atoms with Gasteiger partial charge >= 0.3 is 0 Å². The number of nitriles is 1. The Bertz CT molecular complexity index is 374. The first-order chi connectivity index (χ1) is 7.26. The Morgan fingerprint density at radius 1 is 1.53 bits per heavy atom. The van der Waals surface area contributed by atoms with Gasteiger partial charge in [-0.05, 0) is 24.1 Å². The molecule has 2 nitrogen and oxygen atoms in total. The van der Waals surface area contributed by atoms with Crippen LogP contribution in [0.1, 0.15) is 24.5 Å². The summed E-state index contributed by atoms with van der Waals surface area (Å²) in [5.74, 6) is 0. The predicted molar refractivity (Wildman–Crippen MR) is 62.3 cm³/mol. The Balaban J connectivity index is 2.44. The van der Waals surface area contributed by atoms with Crippen molar-refractivity contribution >= 4 is 0 Å². The van der Waals surface area contributed by atoms with Crippen LogP contribution >= 0.6 is 0 Å². The molecule has 0 bridgehead atoms. The normalized spacial score (nSPS) is 9.60. The van der Waals surface area contributed by atoms with Gasteiger partial charge in [0, 0.05) is 13.1 Å². The van der Waals surface area contributed by atoms with Crippen molar-refractivity contribution in [3.63, 3.8) is 0 Å². The third kappa shape index (κ3) is 3.97. The van der Waals surface area contributed by atoms with Crippen molar-refractivity contribution in [2.45, 2.75) is 19.9 Å². The number of rotatable bonds is 5. The lowest BCUT2D eigenvalue weighted by Crippen LogP contribution is -2.15. The van der Waals surface area contributed by atoms with Gasteiger partial charge in [0.25, 0.3) is 0 Å². The van der Waals surface area contributed by atoms with Crippen LogP contribution in [-0.2, 0) is 6.54 Å². The lowest BCUT2D eigenvalue weighted by Gasteiger charge is -2.05. The summed E-state index contributed by atoms with van der Waals surface area (Å²) in [6, 6.07) is 9.77. The van der Waals surface area contributed by atoms with Crippen molar-refractivity contribution in [3.8, 4) is 6.07 Å². The molecule has 0 aliphatic rings. The van der Waals surface area contributed by atoms with E-state index >= 15 is 0 Å². The number of hydrogen-bond donors (Lipinski definition) is 1. The van der Waals surface area contributed by atoms with Crippen LogP contribution in [0.3, 0.4) is 0 Å². The van der Waals surface area contributed by atoms with Gasteiger partial charge in [0.2, 0.25) is 0 Å². The van der Waals surface area contributed by atoms with Gasteiger partial charge in [-0.2, -0.15) is 5.26 Å². The number of hydrogen-bond acceptors (Lipinski definition) is 2. The molecule has 0 aliphatic carbocycles. The highest BCUT2D eigenvalue weighted by atomic mass is 14.8. The van der Waals surface area contributed by atoms with Gasteiger partial charge in [0.1, 0.15) is 0 Å². The third-order valence-electron chi connectivity index (χ3n) is 2.26. The summed E-state index contributed by atoms with van der Waals surface area (Å²) >= 11 is 0. The molecule has 0 saturated heterocycles. The van der Waals surface area contributed by atoms with Crippen molar-refractivity contribution in [3.05, 3.63) is 47.5 Å². The van der Waals surface area contributed by atoms with Gasteiger partial charge < -0.3 is 5.32 Å². The minimum atomic E-state index is 0.712. The van der Waals surface area contributed by atoms with E-state index in [0.717, 1.165) is 25.1 Å². The third-order valence-corrected chi connectivity index (χ3v) is 2.26. The van der Waals surface area contributed by atoms with E-state index in [-0.39, 0.29) is 0 Å². The molecule has 0 heterocycles. The Morgan fingerprint density at radius 3 is 3.00 bits per heavy atom. The summed E-state index contributed by atoms with van der Waals surface area (Å²) < 4.78 is 0. The van der Waals surface area contributed by atoms with Gasteiger partial charge in [0.05, 0.1) is 11.6 Å². The highest BCUT2D eigenvalue weighted by molar-refractivity contribution is 5.32. The van der Waals surface area contributed by atoms with Gasteiger partial charge in [-0.1, -0.05) is 31.2 Å². The number of nitrogens with zero attached hydrogens (tertiary/aromatic N) is 1. The molecule has 1 aromatic rings. The molecule has 0 unspecified atom stereocenters. The molecular formula is C13H16N2. The van der Waals surface area contributed by atoms with Gasteiger partial charge in [-0.25, -0.2) is 0 Å². The fourth-order valence-electron chi connectivity index (χ4n) is 1.26. The van der Waals surface area contributed by atoms with Crippen LogP contribution in [0.15, 0.2) is 36.4 Å². The first kappa shape index (κ1) is 11.5. The van der Waals surface area contributed by atoms with E-state index in [1.165, 1.54) is 5.57 Å². The quantitative estimate of drug-likeness (QED) is 0.742. The van der Waals surface area contributed by atoms with Crippen LogP contribution in [-0.4, -0.2) is 6.54 Å². The second kappa shape index (κ2) is 6.00. The molecule has 2 heteroatoms. The Labute approximate surface area is 91.2 Å². The zero-order valence-corrected chi connectivity index (χ0v) is 9.09. The van der Waals surface area contributed by atoms with E-state index in [4.69, 9.17) is 5.26 Å². The maximum atomic E-state index is 8.73. The van der Waals surface area contributed by atoms with E-state index in [2.05, 4.69) is 24.9 Å². The Kier molecular flexibility index (Phi) is 4.59. The molecule has 0 fully saturated rings. The highest BCUT2D eigenvalue weighted by Crippen LogP contribution is 2.04. The van der Waals surface area contributed by atoms with Crippen molar-refractivity contribution < 1.29 is 0 Å². The minimum absolute atomic E-state index is 0.712. The Morgan fingerprint density at radius 2 is 2.33 bits per heavy atom. The van der Waals surface area contributed by atoms with Crippen LogP contribution in [0.5, 0.6) is 0 Å². The molecule has 0 radical (unpaired) electrons.